The molecule has 0 radical (unpaired) electrons. The average Bonchev–Trinajstić information content (AvgIpc) is 2.93. The summed E-state index contributed by atoms with van der Waals surface area (Å²) in [5.74, 6) is 2.29. The molecule has 2 aromatic carbocycles. The van der Waals surface area contributed by atoms with E-state index in [1.54, 1.807) is 14.2 Å². The lowest BCUT2D eigenvalue weighted by Crippen LogP contribution is -1.99. The molecule has 3 aromatic rings. The zero-order valence-electron chi connectivity index (χ0n) is 13.2. The Morgan fingerprint density at radius 1 is 1.09 bits per heavy atom. The minimum Gasteiger partial charge on any atom is -0.493 e. The van der Waals surface area contributed by atoms with Crippen molar-refractivity contribution >= 4 is 23.4 Å². The van der Waals surface area contributed by atoms with Gasteiger partial charge in [-0.3, -0.25) is 0 Å². The van der Waals surface area contributed by atoms with Crippen LogP contribution >= 0.6 is 12.4 Å². The molecule has 120 valence electrons. The third-order valence-corrected chi connectivity index (χ3v) is 3.61. The normalized spacial score (nSPS) is 10.2. The van der Waals surface area contributed by atoms with Crippen molar-refractivity contribution in [1.82, 2.24) is 9.55 Å². The summed E-state index contributed by atoms with van der Waals surface area (Å²) in [7, 11) is 3.26. The molecule has 0 N–H and O–H groups in total. The maximum atomic E-state index is 5.39. The monoisotopic (exact) mass is 330 g/mol. The summed E-state index contributed by atoms with van der Waals surface area (Å²) >= 11 is 0. The van der Waals surface area contributed by atoms with Gasteiger partial charge in [0, 0.05) is 12.1 Å². The summed E-state index contributed by atoms with van der Waals surface area (Å²) in [6.07, 6.45) is 1.87. The highest BCUT2D eigenvalue weighted by Gasteiger charge is 2.13. The van der Waals surface area contributed by atoms with Crippen LogP contribution < -0.4 is 9.47 Å². The number of imidazole rings is 1. The van der Waals surface area contributed by atoms with Crippen molar-refractivity contribution in [3.05, 3.63) is 55.1 Å². The molecule has 0 atom stereocenters. The molecule has 0 saturated carbocycles. The first-order chi connectivity index (χ1) is 10.8. The summed E-state index contributed by atoms with van der Waals surface area (Å²) in [5.41, 5.74) is 3.04. The van der Waals surface area contributed by atoms with Crippen molar-refractivity contribution in [2.45, 2.75) is 6.54 Å². The summed E-state index contributed by atoms with van der Waals surface area (Å²) in [4.78, 5) is 4.75. The number of hydrogen-bond donors (Lipinski definition) is 0. The number of para-hydroxylation sites is 2. The van der Waals surface area contributed by atoms with Crippen LogP contribution in [-0.4, -0.2) is 23.8 Å². The lowest BCUT2D eigenvalue weighted by atomic mass is 10.2. The third-order valence-electron chi connectivity index (χ3n) is 3.61. The average molecular weight is 331 g/mol. The van der Waals surface area contributed by atoms with Crippen LogP contribution in [0.25, 0.3) is 22.4 Å². The van der Waals surface area contributed by atoms with E-state index in [1.807, 2.05) is 42.5 Å². The number of allylic oxidation sites excluding steroid dienone is 1. The molecule has 0 amide bonds. The van der Waals surface area contributed by atoms with E-state index in [0.717, 1.165) is 22.4 Å². The van der Waals surface area contributed by atoms with Crippen LogP contribution in [0.1, 0.15) is 0 Å². The van der Waals surface area contributed by atoms with Gasteiger partial charge in [0.25, 0.3) is 0 Å². The van der Waals surface area contributed by atoms with Crippen LogP contribution in [0.2, 0.25) is 0 Å². The van der Waals surface area contributed by atoms with Gasteiger partial charge in [0.1, 0.15) is 5.82 Å². The van der Waals surface area contributed by atoms with E-state index in [9.17, 15) is 0 Å². The van der Waals surface area contributed by atoms with Crippen molar-refractivity contribution in [3.63, 3.8) is 0 Å². The molecule has 1 aromatic heterocycles. The van der Waals surface area contributed by atoms with Crippen molar-refractivity contribution in [2.24, 2.45) is 0 Å². The van der Waals surface area contributed by atoms with Crippen LogP contribution in [0.4, 0.5) is 0 Å². The predicted molar refractivity (Wildman–Crippen MR) is 95.7 cm³/mol. The van der Waals surface area contributed by atoms with Gasteiger partial charge < -0.3 is 14.0 Å². The highest BCUT2D eigenvalue weighted by molar-refractivity contribution is 5.85. The Kier molecular flexibility index (Phi) is 5.29. The van der Waals surface area contributed by atoms with Crippen molar-refractivity contribution in [1.29, 1.82) is 0 Å². The van der Waals surface area contributed by atoms with Crippen molar-refractivity contribution in [3.8, 4) is 22.9 Å². The number of rotatable bonds is 5. The fraction of sp³-hybridized carbons (Fsp3) is 0.167. The smallest absolute Gasteiger partial charge is 0.161 e. The van der Waals surface area contributed by atoms with Crippen LogP contribution in [0.15, 0.2) is 55.1 Å². The summed E-state index contributed by atoms with van der Waals surface area (Å²) in [5, 5.41) is 0. The molecule has 0 bridgehead atoms. The lowest BCUT2D eigenvalue weighted by molar-refractivity contribution is 0.355. The number of fused-ring (bicyclic) bond motifs is 1. The number of benzene rings is 2. The van der Waals surface area contributed by atoms with E-state index in [2.05, 4.69) is 17.2 Å². The Morgan fingerprint density at radius 3 is 2.52 bits per heavy atom. The first-order valence-corrected chi connectivity index (χ1v) is 7.07. The molecule has 4 nitrogen and oxygen atoms in total. The molecule has 0 aliphatic heterocycles. The maximum absolute atomic E-state index is 5.39. The van der Waals surface area contributed by atoms with E-state index >= 15 is 0 Å². The van der Waals surface area contributed by atoms with E-state index in [0.29, 0.717) is 18.0 Å². The van der Waals surface area contributed by atoms with Gasteiger partial charge in [-0.1, -0.05) is 18.2 Å². The molecular weight excluding hydrogens is 312 g/mol. The number of methoxy groups -OCH3 is 2. The summed E-state index contributed by atoms with van der Waals surface area (Å²) in [6.45, 7) is 4.54. The fourth-order valence-electron chi connectivity index (χ4n) is 2.59. The van der Waals surface area contributed by atoms with Gasteiger partial charge in [-0.05, 0) is 30.3 Å². The lowest BCUT2D eigenvalue weighted by Gasteiger charge is -2.11. The number of ether oxygens (including phenoxy) is 2. The molecule has 1 heterocycles. The molecule has 0 aliphatic carbocycles. The second kappa shape index (κ2) is 7.20. The van der Waals surface area contributed by atoms with E-state index in [1.165, 1.54) is 0 Å². The van der Waals surface area contributed by atoms with Crippen LogP contribution in [0.3, 0.4) is 0 Å². The Labute approximate surface area is 141 Å². The quantitative estimate of drug-likeness (QED) is 0.653. The molecular formula is C18H19ClN2O2. The minimum absolute atomic E-state index is 0. The number of hydrogen-bond acceptors (Lipinski definition) is 3. The van der Waals surface area contributed by atoms with E-state index in [-0.39, 0.29) is 12.4 Å². The Morgan fingerprint density at radius 2 is 1.83 bits per heavy atom. The molecule has 0 aliphatic rings. The largest absolute Gasteiger partial charge is 0.493 e. The van der Waals surface area contributed by atoms with E-state index in [4.69, 9.17) is 14.5 Å². The third kappa shape index (κ3) is 3.03. The van der Waals surface area contributed by atoms with Crippen LogP contribution in [0, 0.1) is 0 Å². The number of aromatic nitrogens is 2. The number of halogens is 1. The molecule has 23 heavy (non-hydrogen) atoms. The van der Waals surface area contributed by atoms with Gasteiger partial charge in [0.2, 0.25) is 0 Å². The van der Waals surface area contributed by atoms with Crippen molar-refractivity contribution in [2.75, 3.05) is 14.2 Å². The fourth-order valence-corrected chi connectivity index (χ4v) is 2.59. The minimum atomic E-state index is 0. The second-order valence-corrected chi connectivity index (χ2v) is 4.89. The van der Waals surface area contributed by atoms with Gasteiger partial charge >= 0.3 is 0 Å². The predicted octanol–water partition coefficient (Wildman–Crippen LogP) is 4.33. The molecule has 0 spiro atoms. The summed E-state index contributed by atoms with van der Waals surface area (Å²) in [6, 6.07) is 13.9. The van der Waals surface area contributed by atoms with E-state index < -0.39 is 0 Å². The Bertz CT molecular complexity index is 827. The highest BCUT2D eigenvalue weighted by atomic mass is 35.5. The molecule has 0 saturated heterocycles. The van der Waals surface area contributed by atoms with Crippen LogP contribution in [-0.2, 0) is 6.54 Å². The van der Waals surface area contributed by atoms with Crippen LogP contribution in [0.5, 0.6) is 11.5 Å². The topological polar surface area (TPSA) is 36.3 Å². The van der Waals surface area contributed by atoms with Gasteiger partial charge in [0.15, 0.2) is 11.5 Å². The zero-order valence-corrected chi connectivity index (χ0v) is 14.0. The highest BCUT2D eigenvalue weighted by Crippen LogP contribution is 2.33. The Hall–Kier alpha value is -2.46. The van der Waals surface area contributed by atoms with Crippen molar-refractivity contribution < 1.29 is 9.47 Å². The standard InChI is InChI=1S/C18H18N2O2.ClH/c1-4-11-20-15-8-6-5-7-14(15)19-18(20)13-9-10-16(21-2)17(12-13)22-3;/h4-10,12H,1,11H2,2-3H3;1H. The Balaban J connectivity index is 0.00000192. The van der Waals surface area contributed by atoms with Gasteiger partial charge in [-0.2, -0.15) is 0 Å². The molecule has 0 unspecified atom stereocenters. The molecule has 3 rings (SSSR count). The first-order valence-electron chi connectivity index (χ1n) is 7.07. The molecule has 5 heteroatoms. The van der Waals surface area contributed by atoms with Gasteiger partial charge in [-0.15, -0.1) is 19.0 Å². The number of nitrogens with zero attached hydrogens (tertiary/aromatic N) is 2. The van der Waals surface area contributed by atoms with Gasteiger partial charge in [0.05, 0.1) is 25.3 Å². The molecule has 0 fully saturated rings. The van der Waals surface area contributed by atoms with Gasteiger partial charge in [-0.25, -0.2) is 4.98 Å². The zero-order chi connectivity index (χ0) is 15.5. The first kappa shape index (κ1) is 16.9. The SMILES string of the molecule is C=CCn1c(-c2ccc(OC)c(OC)c2)nc2ccccc21.Cl. The second-order valence-electron chi connectivity index (χ2n) is 4.89. The maximum Gasteiger partial charge on any atom is 0.161 e. The summed E-state index contributed by atoms with van der Waals surface area (Å²) < 4.78 is 12.8.